The summed E-state index contributed by atoms with van der Waals surface area (Å²) < 4.78 is 0. The number of piperidine rings is 1. The van der Waals surface area contributed by atoms with Crippen LogP contribution in [0.3, 0.4) is 0 Å². The van der Waals surface area contributed by atoms with Crippen molar-refractivity contribution in [2.75, 3.05) is 19.6 Å². The minimum atomic E-state index is 0.544. The van der Waals surface area contributed by atoms with E-state index in [1.54, 1.807) is 0 Å². The van der Waals surface area contributed by atoms with E-state index in [9.17, 15) is 0 Å². The molecule has 0 aromatic carbocycles. The molecule has 3 heterocycles. The maximum absolute atomic E-state index is 3.97. The zero-order valence-corrected chi connectivity index (χ0v) is 12.2. The van der Waals surface area contributed by atoms with Crippen LogP contribution >= 0.6 is 11.3 Å². The first kappa shape index (κ1) is 12.6. The molecular formula is C15H24N2S. The first-order valence-corrected chi connectivity index (χ1v) is 8.14. The van der Waals surface area contributed by atoms with Crippen molar-refractivity contribution in [1.29, 1.82) is 0 Å². The van der Waals surface area contributed by atoms with Gasteiger partial charge in [0.2, 0.25) is 0 Å². The lowest BCUT2D eigenvalue weighted by Crippen LogP contribution is -2.46. The van der Waals surface area contributed by atoms with Crippen molar-refractivity contribution in [3.05, 3.63) is 22.4 Å². The van der Waals surface area contributed by atoms with Gasteiger partial charge in [-0.2, -0.15) is 0 Å². The van der Waals surface area contributed by atoms with Gasteiger partial charge >= 0.3 is 0 Å². The van der Waals surface area contributed by atoms with Crippen LogP contribution < -0.4 is 5.32 Å². The molecule has 0 saturated carbocycles. The summed E-state index contributed by atoms with van der Waals surface area (Å²) in [6, 6.07) is 5.74. The van der Waals surface area contributed by atoms with E-state index in [2.05, 4.69) is 41.6 Å². The van der Waals surface area contributed by atoms with Crippen molar-refractivity contribution < 1.29 is 0 Å². The normalized spacial score (nSPS) is 32.9. The van der Waals surface area contributed by atoms with Gasteiger partial charge in [-0.15, -0.1) is 11.3 Å². The van der Waals surface area contributed by atoms with Gasteiger partial charge in [0.15, 0.2) is 0 Å². The van der Waals surface area contributed by atoms with Gasteiger partial charge in [0.05, 0.1) is 0 Å². The average Bonchev–Trinajstić information content (AvgIpc) is 2.98. The average molecular weight is 264 g/mol. The van der Waals surface area contributed by atoms with Crippen LogP contribution in [-0.4, -0.2) is 30.6 Å². The summed E-state index contributed by atoms with van der Waals surface area (Å²) in [6.45, 7) is 8.62. The molecule has 4 atom stereocenters. The Morgan fingerprint density at radius 2 is 2.17 bits per heavy atom. The third-order valence-electron chi connectivity index (χ3n) is 4.54. The van der Waals surface area contributed by atoms with Crippen LogP contribution in [0.1, 0.15) is 37.6 Å². The first-order chi connectivity index (χ1) is 8.74. The summed E-state index contributed by atoms with van der Waals surface area (Å²) in [7, 11) is 0. The van der Waals surface area contributed by atoms with Crippen LogP contribution in [0.5, 0.6) is 0 Å². The largest absolute Gasteiger partial charge is 0.306 e. The van der Waals surface area contributed by atoms with Crippen LogP contribution in [0, 0.1) is 11.8 Å². The third kappa shape index (κ3) is 2.49. The predicted octanol–water partition coefficient (Wildman–Crippen LogP) is 3.13. The molecule has 2 saturated heterocycles. The number of hydrogen-bond donors (Lipinski definition) is 1. The fourth-order valence-electron chi connectivity index (χ4n) is 3.47. The van der Waals surface area contributed by atoms with Gasteiger partial charge in [-0.3, -0.25) is 0 Å². The highest BCUT2D eigenvalue weighted by Crippen LogP contribution is 2.32. The van der Waals surface area contributed by atoms with E-state index in [-0.39, 0.29) is 0 Å². The maximum Gasteiger partial charge on any atom is 0.0440 e. The Bertz CT molecular complexity index is 374. The second-order valence-electron chi connectivity index (χ2n) is 6.15. The summed E-state index contributed by atoms with van der Waals surface area (Å²) in [4.78, 5) is 4.13. The molecule has 0 amide bonds. The Labute approximate surface area is 114 Å². The van der Waals surface area contributed by atoms with Gasteiger partial charge in [0.1, 0.15) is 0 Å². The van der Waals surface area contributed by atoms with Crippen molar-refractivity contribution >= 4 is 11.3 Å². The third-order valence-corrected chi connectivity index (χ3v) is 5.50. The Morgan fingerprint density at radius 1 is 1.33 bits per heavy atom. The van der Waals surface area contributed by atoms with Gasteiger partial charge in [-0.25, -0.2) is 0 Å². The molecule has 0 radical (unpaired) electrons. The number of fused-ring (bicyclic) bond motifs is 2. The second-order valence-corrected chi connectivity index (χ2v) is 7.13. The number of thiophene rings is 1. The summed E-state index contributed by atoms with van der Waals surface area (Å²) in [5.74, 6) is 1.56. The monoisotopic (exact) mass is 264 g/mol. The van der Waals surface area contributed by atoms with E-state index in [0.717, 1.165) is 12.0 Å². The molecule has 0 spiro atoms. The van der Waals surface area contributed by atoms with E-state index in [1.165, 1.54) is 37.4 Å². The summed E-state index contributed by atoms with van der Waals surface area (Å²) >= 11 is 1.89. The predicted molar refractivity (Wildman–Crippen MR) is 78.0 cm³/mol. The Morgan fingerprint density at radius 3 is 2.89 bits per heavy atom. The lowest BCUT2D eigenvalue weighted by molar-refractivity contribution is 0.200. The van der Waals surface area contributed by atoms with E-state index in [0.29, 0.717) is 12.0 Å². The molecule has 4 unspecified atom stereocenters. The Kier molecular flexibility index (Phi) is 3.73. The van der Waals surface area contributed by atoms with E-state index >= 15 is 0 Å². The molecular weight excluding hydrogens is 240 g/mol. The molecule has 1 N–H and O–H groups in total. The molecule has 1 aromatic rings. The fourth-order valence-corrected chi connectivity index (χ4v) is 4.43. The first-order valence-electron chi connectivity index (χ1n) is 7.26. The Balaban J connectivity index is 1.69. The van der Waals surface area contributed by atoms with Crippen molar-refractivity contribution in [3.63, 3.8) is 0 Å². The molecule has 3 rings (SSSR count). The molecule has 2 fully saturated rings. The summed E-state index contributed by atoms with van der Waals surface area (Å²) in [5, 5.41) is 6.17. The van der Waals surface area contributed by atoms with Crippen molar-refractivity contribution in [2.24, 2.45) is 11.8 Å². The molecule has 2 aliphatic heterocycles. The molecule has 3 heteroatoms. The van der Waals surface area contributed by atoms with Crippen LogP contribution in [-0.2, 0) is 0 Å². The zero-order valence-electron chi connectivity index (χ0n) is 11.4. The van der Waals surface area contributed by atoms with Gasteiger partial charge in [0.25, 0.3) is 0 Å². The molecule has 1 aromatic heterocycles. The quantitative estimate of drug-likeness (QED) is 0.899. The fraction of sp³-hybridized carbons (Fsp3) is 0.733. The summed E-state index contributed by atoms with van der Waals surface area (Å²) in [6.07, 6.45) is 2.73. The number of hydrogen-bond acceptors (Lipinski definition) is 3. The van der Waals surface area contributed by atoms with Gasteiger partial charge in [0, 0.05) is 23.5 Å². The summed E-state index contributed by atoms with van der Waals surface area (Å²) in [5.41, 5.74) is 0. The van der Waals surface area contributed by atoms with Crippen molar-refractivity contribution in [3.8, 4) is 0 Å². The lowest BCUT2D eigenvalue weighted by Gasteiger charge is -2.35. The van der Waals surface area contributed by atoms with Gasteiger partial charge in [-0.05, 0) is 49.2 Å². The number of nitrogens with zero attached hydrogens (tertiary/aromatic N) is 1. The Hall–Kier alpha value is -0.380. The van der Waals surface area contributed by atoms with Crippen molar-refractivity contribution in [2.45, 2.75) is 38.8 Å². The highest BCUT2D eigenvalue weighted by atomic mass is 32.1. The lowest BCUT2D eigenvalue weighted by atomic mass is 9.91. The molecule has 0 aliphatic carbocycles. The van der Waals surface area contributed by atoms with Gasteiger partial charge in [-0.1, -0.05) is 19.9 Å². The van der Waals surface area contributed by atoms with E-state index in [1.807, 2.05) is 11.3 Å². The molecule has 2 nitrogen and oxygen atoms in total. The highest BCUT2D eigenvalue weighted by Gasteiger charge is 2.35. The van der Waals surface area contributed by atoms with Crippen LogP contribution in [0.15, 0.2) is 17.5 Å². The number of nitrogens with one attached hydrogen (secondary N) is 1. The standard InChI is InChI=1S/C15H24N2S/c1-11(2)15(14-4-3-9-18-14)16-13-6-8-17-7-5-12(13)10-17/h3-4,9,11-13,15-16H,5-8,10H2,1-2H3. The SMILES string of the molecule is CC(C)C(NC1CCN2CCC1C2)c1cccs1. The van der Waals surface area contributed by atoms with Crippen molar-refractivity contribution in [1.82, 2.24) is 10.2 Å². The second kappa shape index (κ2) is 5.32. The topological polar surface area (TPSA) is 15.3 Å². The molecule has 2 bridgehead atoms. The van der Waals surface area contributed by atoms with Crippen LogP contribution in [0.2, 0.25) is 0 Å². The maximum atomic E-state index is 3.97. The smallest absolute Gasteiger partial charge is 0.0440 e. The van der Waals surface area contributed by atoms with Crippen LogP contribution in [0.4, 0.5) is 0 Å². The van der Waals surface area contributed by atoms with Crippen LogP contribution in [0.25, 0.3) is 0 Å². The minimum Gasteiger partial charge on any atom is -0.306 e. The molecule has 2 aliphatic rings. The van der Waals surface area contributed by atoms with E-state index in [4.69, 9.17) is 0 Å². The zero-order chi connectivity index (χ0) is 12.5. The van der Waals surface area contributed by atoms with E-state index < -0.39 is 0 Å². The number of rotatable bonds is 4. The molecule has 18 heavy (non-hydrogen) atoms. The molecule has 100 valence electrons. The van der Waals surface area contributed by atoms with Gasteiger partial charge < -0.3 is 10.2 Å². The highest BCUT2D eigenvalue weighted by molar-refractivity contribution is 7.10. The minimum absolute atomic E-state index is 0.544.